The van der Waals surface area contributed by atoms with E-state index < -0.39 is 10.4 Å². The van der Waals surface area contributed by atoms with Crippen LogP contribution < -0.4 is 51.4 Å². The van der Waals surface area contributed by atoms with E-state index in [2.05, 4.69) is 13.9 Å². The predicted molar refractivity (Wildman–Crippen MR) is 79.3 cm³/mol. The minimum absolute atomic E-state index is 0. The van der Waals surface area contributed by atoms with Crippen molar-refractivity contribution in [2.45, 2.75) is 26.7 Å². The van der Waals surface area contributed by atoms with E-state index in [0.717, 1.165) is 11.4 Å². The van der Waals surface area contributed by atoms with Crippen molar-refractivity contribution in [2.75, 3.05) is 13.2 Å². The molecule has 23 heavy (non-hydrogen) atoms. The Kier molecular flexibility index (Phi) is 10.2. The van der Waals surface area contributed by atoms with E-state index >= 15 is 0 Å². The van der Waals surface area contributed by atoms with Crippen molar-refractivity contribution in [1.82, 2.24) is 4.90 Å². The zero-order chi connectivity index (χ0) is 16.8. The standard InChI is InChI=1S/C14H17N3O4S.K/c1-5-12-9-11(14(15-3)16-4)10-13(6-2)17(12)7-8-21-22(18,19)20;/h9-10H,5-8H2,1-2H3,(H,18,19,20);/q;+1/p-1. The monoisotopic (exact) mass is 361 g/mol. The smallest absolute Gasteiger partial charge is 0.726 e. The predicted octanol–water partition coefficient (Wildman–Crippen LogP) is -0.579. The van der Waals surface area contributed by atoms with E-state index in [1.54, 1.807) is 12.2 Å². The molecule has 0 saturated carbocycles. The normalized spacial score (nSPS) is 14.1. The SMILES string of the molecule is [C-]#[N+]C([N+]#[C-])=C1C=C(CC)N(CCOS(=O)(=O)[O-])C(CC)=C1.[K+]. The molecule has 9 heteroatoms. The molecule has 118 valence electrons. The molecule has 0 aromatic heterocycles. The molecule has 0 saturated heterocycles. The fraction of sp³-hybridized carbons (Fsp3) is 0.429. The molecule has 0 fully saturated rings. The molecule has 0 N–H and O–H groups in total. The van der Waals surface area contributed by atoms with Crippen molar-refractivity contribution in [3.05, 3.63) is 57.8 Å². The zero-order valence-electron chi connectivity index (χ0n) is 13.4. The van der Waals surface area contributed by atoms with Crippen molar-refractivity contribution >= 4 is 10.4 Å². The van der Waals surface area contributed by atoms with Gasteiger partial charge in [0.1, 0.15) is 13.1 Å². The van der Waals surface area contributed by atoms with E-state index in [1.807, 2.05) is 18.7 Å². The zero-order valence-corrected chi connectivity index (χ0v) is 17.3. The molecule has 0 amide bonds. The summed E-state index contributed by atoms with van der Waals surface area (Å²) in [5.74, 6) is -0.00469. The van der Waals surface area contributed by atoms with Crippen LogP contribution in [0.25, 0.3) is 9.69 Å². The van der Waals surface area contributed by atoms with E-state index in [0.29, 0.717) is 18.4 Å². The van der Waals surface area contributed by atoms with Crippen molar-refractivity contribution in [3.8, 4) is 0 Å². The summed E-state index contributed by atoms with van der Waals surface area (Å²) in [5.41, 5.74) is 2.23. The molecule has 0 aromatic rings. The summed E-state index contributed by atoms with van der Waals surface area (Å²) < 4.78 is 35.7. The first-order chi connectivity index (χ1) is 10.4. The van der Waals surface area contributed by atoms with Crippen molar-refractivity contribution in [2.24, 2.45) is 0 Å². The summed E-state index contributed by atoms with van der Waals surface area (Å²) in [6.45, 7) is 17.8. The molecule has 0 bridgehead atoms. The maximum absolute atomic E-state index is 10.5. The molecular formula is C14H16KN3O4S. The number of nitrogens with zero attached hydrogens (tertiary/aromatic N) is 3. The first-order valence-electron chi connectivity index (χ1n) is 6.64. The third-order valence-electron chi connectivity index (χ3n) is 3.07. The van der Waals surface area contributed by atoms with Gasteiger partial charge in [-0.05, 0) is 25.0 Å². The van der Waals surface area contributed by atoms with E-state index in [9.17, 15) is 13.0 Å². The third-order valence-corrected chi connectivity index (χ3v) is 3.53. The van der Waals surface area contributed by atoms with Crippen LogP contribution in [0.5, 0.6) is 0 Å². The van der Waals surface area contributed by atoms with Crippen molar-refractivity contribution < 1.29 is 68.5 Å². The van der Waals surface area contributed by atoms with Gasteiger partial charge < -0.3 is 9.45 Å². The Morgan fingerprint density at radius 1 is 1.22 bits per heavy atom. The quantitative estimate of drug-likeness (QED) is 0.274. The third kappa shape index (κ3) is 6.87. The van der Waals surface area contributed by atoms with Crippen LogP contribution in [0.15, 0.2) is 34.9 Å². The second-order valence-electron chi connectivity index (χ2n) is 4.36. The second-order valence-corrected chi connectivity index (χ2v) is 5.42. The molecule has 1 rings (SSSR count). The van der Waals surface area contributed by atoms with Gasteiger partial charge in [0.2, 0.25) is 10.4 Å². The minimum atomic E-state index is -4.71. The summed E-state index contributed by atoms with van der Waals surface area (Å²) in [6, 6.07) is 0. The summed E-state index contributed by atoms with van der Waals surface area (Å²) in [5, 5.41) is 0. The number of rotatable bonds is 6. The van der Waals surface area contributed by atoms with Crippen LogP contribution in [0.1, 0.15) is 26.7 Å². The minimum Gasteiger partial charge on any atom is -0.726 e. The van der Waals surface area contributed by atoms with Gasteiger partial charge >= 0.3 is 57.2 Å². The van der Waals surface area contributed by atoms with Gasteiger partial charge in [-0.3, -0.25) is 4.18 Å². The maximum Gasteiger partial charge on any atom is 1.00 e. The summed E-state index contributed by atoms with van der Waals surface area (Å²) >= 11 is 0. The molecule has 1 heterocycles. The molecule has 0 aliphatic carbocycles. The molecule has 0 unspecified atom stereocenters. The van der Waals surface area contributed by atoms with Crippen molar-refractivity contribution in [3.63, 3.8) is 0 Å². The van der Waals surface area contributed by atoms with Gasteiger partial charge in [0, 0.05) is 17.9 Å². The van der Waals surface area contributed by atoms with Crippen LogP contribution in [0, 0.1) is 13.1 Å². The van der Waals surface area contributed by atoms with Crippen LogP contribution in [0.4, 0.5) is 0 Å². The summed E-state index contributed by atoms with van der Waals surface area (Å²) in [4.78, 5) is 8.27. The van der Waals surface area contributed by atoms with Gasteiger partial charge in [0.15, 0.2) is 0 Å². The Morgan fingerprint density at radius 2 is 1.70 bits per heavy atom. The summed E-state index contributed by atoms with van der Waals surface area (Å²) in [7, 11) is -4.71. The molecule has 0 spiro atoms. The van der Waals surface area contributed by atoms with Gasteiger partial charge in [0.25, 0.3) is 0 Å². The van der Waals surface area contributed by atoms with Crippen molar-refractivity contribution in [1.29, 1.82) is 0 Å². The number of hydrogen-bond acceptors (Lipinski definition) is 5. The molecule has 0 aromatic carbocycles. The Balaban J connectivity index is 0.00000484. The largest absolute Gasteiger partial charge is 1.00 e. The molecular weight excluding hydrogens is 345 g/mol. The van der Waals surface area contributed by atoms with Gasteiger partial charge in [-0.2, -0.15) is 9.69 Å². The summed E-state index contributed by atoms with van der Waals surface area (Å²) in [6.07, 6.45) is 4.73. The van der Waals surface area contributed by atoms with Gasteiger partial charge in [-0.25, -0.2) is 8.42 Å². The van der Waals surface area contributed by atoms with E-state index in [4.69, 9.17) is 13.1 Å². The molecule has 1 aliphatic heterocycles. The maximum atomic E-state index is 10.5. The van der Waals surface area contributed by atoms with E-state index in [-0.39, 0.29) is 70.4 Å². The average molecular weight is 361 g/mol. The van der Waals surface area contributed by atoms with Crippen LogP contribution in [0.2, 0.25) is 0 Å². The first kappa shape index (κ1) is 22.5. The van der Waals surface area contributed by atoms with E-state index in [1.165, 1.54) is 0 Å². The fourth-order valence-electron chi connectivity index (χ4n) is 2.13. The van der Waals surface area contributed by atoms with Gasteiger partial charge in [-0.15, -0.1) is 0 Å². The second kappa shape index (κ2) is 10.4. The van der Waals surface area contributed by atoms with Crippen LogP contribution in [-0.2, 0) is 14.6 Å². The number of hydrogen-bond donors (Lipinski definition) is 0. The Bertz CT molecular complexity index is 671. The van der Waals surface area contributed by atoms with Gasteiger partial charge in [-0.1, -0.05) is 13.8 Å². The molecule has 1 aliphatic rings. The van der Waals surface area contributed by atoms with Crippen LogP contribution >= 0.6 is 0 Å². The molecule has 7 nitrogen and oxygen atoms in total. The molecule has 0 radical (unpaired) electrons. The number of allylic oxidation sites excluding steroid dienone is 5. The van der Waals surface area contributed by atoms with Crippen LogP contribution in [0.3, 0.4) is 0 Å². The first-order valence-corrected chi connectivity index (χ1v) is 7.97. The average Bonchev–Trinajstić information content (AvgIpc) is 2.47. The van der Waals surface area contributed by atoms with Crippen LogP contribution in [-0.4, -0.2) is 31.0 Å². The molecule has 0 atom stereocenters. The Hall–Kier alpha value is -0.494. The fourth-order valence-corrected chi connectivity index (χ4v) is 2.41. The Morgan fingerprint density at radius 3 is 2.04 bits per heavy atom. The Labute approximate surface area is 179 Å². The van der Waals surface area contributed by atoms with Gasteiger partial charge in [0.05, 0.1) is 12.2 Å². The topological polar surface area (TPSA) is 78.4 Å².